The van der Waals surface area contributed by atoms with Crippen LogP contribution >= 0.6 is 11.3 Å². The third kappa shape index (κ3) is 1.98. The zero-order chi connectivity index (χ0) is 10.9. The van der Waals surface area contributed by atoms with Gasteiger partial charge in [-0.2, -0.15) is 0 Å². The molecule has 1 aromatic rings. The van der Waals surface area contributed by atoms with Crippen LogP contribution in [0.4, 0.5) is 0 Å². The van der Waals surface area contributed by atoms with Crippen molar-refractivity contribution in [1.29, 1.82) is 0 Å². The molecule has 84 valence electrons. The summed E-state index contributed by atoms with van der Waals surface area (Å²) in [4.78, 5) is 1.30. The molecule has 1 aliphatic rings. The number of aliphatic hydroxyl groups is 1. The van der Waals surface area contributed by atoms with Crippen molar-refractivity contribution in [3.8, 4) is 0 Å². The Bertz CT molecular complexity index is 331. The lowest BCUT2D eigenvalue weighted by molar-refractivity contribution is -0.0554. The smallest absolute Gasteiger partial charge is 0.0932 e. The van der Waals surface area contributed by atoms with Gasteiger partial charge in [0.1, 0.15) is 0 Å². The summed E-state index contributed by atoms with van der Waals surface area (Å²) in [7, 11) is 0. The van der Waals surface area contributed by atoms with Gasteiger partial charge in [-0.25, -0.2) is 0 Å². The van der Waals surface area contributed by atoms with Crippen LogP contribution in [0, 0.1) is 12.8 Å². The van der Waals surface area contributed by atoms with Crippen LogP contribution in [0.2, 0.25) is 0 Å². The molecule has 1 fully saturated rings. The van der Waals surface area contributed by atoms with Gasteiger partial charge in [0.25, 0.3) is 0 Å². The molecule has 1 saturated carbocycles. The van der Waals surface area contributed by atoms with Crippen molar-refractivity contribution >= 4 is 11.3 Å². The summed E-state index contributed by atoms with van der Waals surface area (Å²) in [6.07, 6.45) is 5.67. The third-order valence-electron chi connectivity index (χ3n) is 3.76. The average Bonchev–Trinajstić information content (AvgIpc) is 2.66. The maximum Gasteiger partial charge on any atom is 0.0932 e. The van der Waals surface area contributed by atoms with E-state index in [2.05, 4.69) is 25.3 Å². The molecule has 2 rings (SSSR count). The molecule has 0 aromatic carbocycles. The van der Waals surface area contributed by atoms with Crippen LogP contribution in [-0.2, 0) is 5.60 Å². The average molecular weight is 224 g/mol. The van der Waals surface area contributed by atoms with Gasteiger partial charge in [0.2, 0.25) is 0 Å². The molecule has 0 aliphatic heterocycles. The van der Waals surface area contributed by atoms with Crippen molar-refractivity contribution in [3.63, 3.8) is 0 Å². The molecule has 1 N–H and O–H groups in total. The van der Waals surface area contributed by atoms with E-state index >= 15 is 0 Å². The molecule has 2 atom stereocenters. The largest absolute Gasteiger partial charge is 0.385 e. The lowest BCUT2D eigenvalue weighted by Crippen LogP contribution is -2.37. The van der Waals surface area contributed by atoms with Crippen LogP contribution in [0.5, 0.6) is 0 Å². The molecule has 0 amide bonds. The second kappa shape index (κ2) is 4.26. The van der Waals surface area contributed by atoms with Crippen LogP contribution in [0.3, 0.4) is 0 Å². The molecular weight excluding hydrogens is 204 g/mol. The number of hydrogen-bond donors (Lipinski definition) is 1. The molecule has 1 aromatic heterocycles. The molecule has 1 heterocycles. The highest BCUT2D eigenvalue weighted by Gasteiger charge is 2.39. The fourth-order valence-electron chi connectivity index (χ4n) is 2.82. The lowest BCUT2D eigenvalue weighted by Gasteiger charge is -2.39. The number of aryl methyl sites for hydroxylation is 1. The van der Waals surface area contributed by atoms with Gasteiger partial charge in [-0.1, -0.05) is 26.2 Å². The van der Waals surface area contributed by atoms with Gasteiger partial charge in [-0.15, -0.1) is 11.3 Å². The topological polar surface area (TPSA) is 20.2 Å². The predicted octanol–water partition coefficient (Wildman–Crippen LogP) is 3.84. The first-order valence-corrected chi connectivity index (χ1v) is 6.82. The van der Waals surface area contributed by atoms with Crippen molar-refractivity contribution in [2.24, 2.45) is 5.92 Å². The summed E-state index contributed by atoms with van der Waals surface area (Å²) < 4.78 is 0. The minimum Gasteiger partial charge on any atom is -0.385 e. The van der Waals surface area contributed by atoms with Crippen molar-refractivity contribution < 1.29 is 5.11 Å². The van der Waals surface area contributed by atoms with E-state index in [1.807, 2.05) is 0 Å². The third-order valence-corrected chi connectivity index (χ3v) is 4.62. The zero-order valence-corrected chi connectivity index (χ0v) is 10.4. The van der Waals surface area contributed by atoms with E-state index in [9.17, 15) is 5.11 Å². The van der Waals surface area contributed by atoms with Crippen molar-refractivity contribution in [2.45, 2.75) is 51.6 Å². The Kier molecular flexibility index (Phi) is 3.17. The van der Waals surface area contributed by atoms with E-state index < -0.39 is 5.60 Å². The number of thiophene rings is 1. The minimum atomic E-state index is -0.530. The second-order valence-electron chi connectivity index (χ2n) is 4.72. The Labute approximate surface area is 96.1 Å². The molecule has 15 heavy (non-hydrogen) atoms. The maximum atomic E-state index is 10.8. The normalized spacial score (nSPS) is 31.8. The highest BCUT2D eigenvalue weighted by molar-refractivity contribution is 7.10. The zero-order valence-electron chi connectivity index (χ0n) is 9.62. The fourth-order valence-corrected chi connectivity index (χ4v) is 3.60. The van der Waals surface area contributed by atoms with E-state index in [-0.39, 0.29) is 0 Å². The van der Waals surface area contributed by atoms with E-state index in [1.165, 1.54) is 24.1 Å². The Morgan fingerprint density at radius 1 is 1.53 bits per heavy atom. The fraction of sp³-hybridized carbons (Fsp3) is 0.692. The van der Waals surface area contributed by atoms with Crippen molar-refractivity contribution in [1.82, 2.24) is 0 Å². The quantitative estimate of drug-likeness (QED) is 0.809. The Morgan fingerprint density at radius 2 is 2.33 bits per heavy atom. The Hall–Kier alpha value is -0.340. The standard InChI is InChI=1S/C13H20OS/c1-3-11-6-4-5-7-13(11,14)12-8-10(2)15-9-12/h8-9,11,14H,3-7H2,1-2H3. The molecular formula is C13H20OS. The monoisotopic (exact) mass is 224 g/mol. The molecule has 1 aliphatic carbocycles. The maximum absolute atomic E-state index is 10.8. The van der Waals surface area contributed by atoms with E-state index in [0.29, 0.717) is 5.92 Å². The van der Waals surface area contributed by atoms with Crippen molar-refractivity contribution in [2.75, 3.05) is 0 Å². The molecule has 0 saturated heterocycles. The van der Waals surface area contributed by atoms with Gasteiger partial charge in [0, 0.05) is 4.88 Å². The molecule has 0 bridgehead atoms. The first-order valence-electron chi connectivity index (χ1n) is 5.95. The second-order valence-corrected chi connectivity index (χ2v) is 5.84. The van der Waals surface area contributed by atoms with Gasteiger partial charge in [0.05, 0.1) is 5.60 Å². The van der Waals surface area contributed by atoms with Gasteiger partial charge in [-0.05, 0) is 42.7 Å². The van der Waals surface area contributed by atoms with E-state index in [0.717, 1.165) is 18.4 Å². The van der Waals surface area contributed by atoms with Crippen molar-refractivity contribution in [3.05, 3.63) is 21.9 Å². The molecule has 1 nitrogen and oxygen atoms in total. The predicted molar refractivity (Wildman–Crippen MR) is 65.2 cm³/mol. The SMILES string of the molecule is CCC1CCCCC1(O)c1csc(C)c1. The molecule has 2 unspecified atom stereocenters. The summed E-state index contributed by atoms with van der Waals surface area (Å²) in [6.45, 7) is 4.31. The highest BCUT2D eigenvalue weighted by Crippen LogP contribution is 2.44. The highest BCUT2D eigenvalue weighted by atomic mass is 32.1. The van der Waals surface area contributed by atoms with Crippen LogP contribution in [-0.4, -0.2) is 5.11 Å². The summed E-state index contributed by atoms with van der Waals surface area (Å²) in [5.74, 6) is 0.459. The summed E-state index contributed by atoms with van der Waals surface area (Å²) in [6, 6.07) is 2.17. The Morgan fingerprint density at radius 3 is 2.93 bits per heavy atom. The van der Waals surface area contributed by atoms with Crippen LogP contribution in [0.15, 0.2) is 11.4 Å². The molecule has 2 heteroatoms. The van der Waals surface area contributed by atoms with Gasteiger partial charge >= 0.3 is 0 Å². The molecule has 0 spiro atoms. The van der Waals surface area contributed by atoms with Gasteiger partial charge < -0.3 is 5.11 Å². The first-order chi connectivity index (χ1) is 7.16. The summed E-state index contributed by atoms with van der Waals surface area (Å²) in [5.41, 5.74) is 0.633. The van der Waals surface area contributed by atoms with Gasteiger partial charge in [0.15, 0.2) is 0 Å². The Balaban J connectivity index is 2.29. The summed E-state index contributed by atoms with van der Waals surface area (Å²) in [5, 5.41) is 13.0. The van der Waals surface area contributed by atoms with Gasteiger partial charge in [-0.3, -0.25) is 0 Å². The first kappa shape index (κ1) is 11.2. The van der Waals surface area contributed by atoms with E-state index in [4.69, 9.17) is 0 Å². The minimum absolute atomic E-state index is 0.459. The molecule has 0 radical (unpaired) electrons. The van der Waals surface area contributed by atoms with Crippen LogP contribution < -0.4 is 0 Å². The lowest BCUT2D eigenvalue weighted by atomic mass is 9.71. The van der Waals surface area contributed by atoms with E-state index in [1.54, 1.807) is 11.3 Å². The van der Waals surface area contributed by atoms with Crippen LogP contribution in [0.25, 0.3) is 0 Å². The van der Waals surface area contributed by atoms with Crippen LogP contribution in [0.1, 0.15) is 49.5 Å². The number of rotatable bonds is 2. The summed E-state index contributed by atoms with van der Waals surface area (Å²) >= 11 is 1.75. The number of hydrogen-bond acceptors (Lipinski definition) is 2.